The number of piperidine rings is 1. The van der Waals surface area contributed by atoms with Crippen LogP contribution in [-0.2, 0) is 9.59 Å². The Kier molecular flexibility index (Phi) is 6.99. The zero-order valence-electron chi connectivity index (χ0n) is 13.4. The summed E-state index contributed by atoms with van der Waals surface area (Å²) in [6.45, 7) is 7.56. The minimum atomic E-state index is 0.0478. The lowest BCUT2D eigenvalue weighted by Crippen LogP contribution is -2.42. The molecule has 0 aromatic rings. The predicted octanol–water partition coefficient (Wildman–Crippen LogP) is 1.05. The Balaban J connectivity index is 2.38. The molecule has 1 fully saturated rings. The molecule has 1 unspecified atom stereocenters. The fourth-order valence-corrected chi connectivity index (χ4v) is 2.55. The van der Waals surface area contributed by atoms with Crippen molar-refractivity contribution in [3.63, 3.8) is 0 Å². The maximum Gasteiger partial charge on any atom is 0.224 e. The van der Waals surface area contributed by atoms with E-state index in [4.69, 9.17) is 0 Å². The van der Waals surface area contributed by atoms with Crippen LogP contribution in [0, 0.1) is 5.92 Å². The lowest BCUT2D eigenvalue weighted by Gasteiger charge is -2.32. The van der Waals surface area contributed by atoms with Crippen LogP contribution in [0.5, 0.6) is 0 Å². The van der Waals surface area contributed by atoms with E-state index in [-0.39, 0.29) is 11.8 Å². The van der Waals surface area contributed by atoms with E-state index in [1.807, 2.05) is 23.9 Å². The van der Waals surface area contributed by atoms with Crippen LogP contribution in [0.2, 0.25) is 0 Å². The minimum Gasteiger partial charge on any atom is -0.342 e. The van der Waals surface area contributed by atoms with Gasteiger partial charge in [-0.1, -0.05) is 6.92 Å². The van der Waals surface area contributed by atoms with E-state index in [1.165, 1.54) is 6.42 Å². The van der Waals surface area contributed by atoms with Gasteiger partial charge in [0.1, 0.15) is 0 Å². The van der Waals surface area contributed by atoms with Gasteiger partial charge < -0.3 is 14.7 Å². The maximum absolute atomic E-state index is 12.2. The second kappa shape index (κ2) is 8.25. The molecule has 0 aromatic heterocycles. The van der Waals surface area contributed by atoms with Crippen LogP contribution in [0.3, 0.4) is 0 Å². The number of carbonyl (C=O) groups is 2. The Morgan fingerprint density at radius 3 is 2.45 bits per heavy atom. The highest BCUT2D eigenvalue weighted by Gasteiger charge is 2.21. The Morgan fingerprint density at radius 2 is 1.90 bits per heavy atom. The molecule has 0 spiro atoms. The second-order valence-electron chi connectivity index (χ2n) is 6.15. The van der Waals surface area contributed by atoms with Crippen molar-refractivity contribution in [1.29, 1.82) is 0 Å². The highest BCUT2D eigenvalue weighted by molar-refractivity contribution is 5.78. The van der Waals surface area contributed by atoms with E-state index >= 15 is 0 Å². The van der Waals surface area contributed by atoms with Crippen LogP contribution < -0.4 is 0 Å². The summed E-state index contributed by atoms with van der Waals surface area (Å²) in [7, 11) is 3.97. The molecule has 0 aliphatic carbocycles. The van der Waals surface area contributed by atoms with Crippen molar-refractivity contribution in [3.8, 4) is 0 Å². The molecule has 0 N–H and O–H groups in total. The maximum atomic E-state index is 12.2. The van der Waals surface area contributed by atoms with E-state index in [0.29, 0.717) is 25.4 Å². The lowest BCUT2D eigenvalue weighted by atomic mass is 10.00. The van der Waals surface area contributed by atoms with E-state index in [0.717, 1.165) is 26.1 Å². The van der Waals surface area contributed by atoms with Gasteiger partial charge in [0.2, 0.25) is 11.8 Å². The smallest absolute Gasteiger partial charge is 0.224 e. The average Bonchev–Trinajstić information content (AvgIpc) is 2.37. The number of likely N-dealkylation sites (tertiary alicyclic amines) is 1. The number of hydrogen-bond acceptors (Lipinski definition) is 3. The molecule has 1 aliphatic heterocycles. The monoisotopic (exact) mass is 283 g/mol. The highest BCUT2D eigenvalue weighted by atomic mass is 16.2. The van der Waals surface area contributed by atoms with Gasteiger partial charge in [0.25, 0.3) is 0 Å². The molecule has 2 amide bonds. The van der Waals surface area contributed by atoms with Crippen molar-refractivity contribution < 1.29 is 9.59 Å². The van der Waals surface area contributed by atoms with Gasteiger partial charge in [0, 0.05) is 46.1 Å². The summed E-state index contributed by atoms with van der Waals surface area (Å²) in [6, 6.07) is 0. The zero-order valence-corrected chi connectivity index (χ0v) is 13.4. The molecule has 116 valence electrons. The number of likely N-dealkylation sites (N-methyl/N-ethyl adjacent to an activating group) is 1. The summed E-state index contributed by atoms with van der Waals surface area (Å²) in [5, 5.41) is 0. The number of nitrogens with zero attached hydrogens (tertiary/aromatic N) is 3. The van der Waals surface area contributed by atoms with Crippen LogP contribution in [0.1, 0.15) is 33.1 Å². The SMILES string of the molecule is CC(=O)N(CCC(=O)N1CCCC(C)C1)CCN(C)C. The summed E-state index contributed by atoms with van der Waals surface area (Å²) in [4.78, 5) is 29.5. The van der Waals surface area contributed by atoms with Gasteiger partial charge in [0.15, 0.2) is 0 Å². The summed E-state index contributed by atoms with van der Waals surface area (Å²) in [6.07, 6.45) is 2.76. The Bertz CT molecular complexity index is 331. The van der Waals surface area contributed by atoms with E-state index in [2.05, 4.69) is 6.92 Å². The summed E-state index contributed by atoms with van der Waals surface area (Å²) >= 11 is 0. The topological polar surface area (TPSA) is 43.9 Å². The number of carbonyl (C=O) groups excluding carboxylic acids is 2. The third kappa shape index (κ3) is 5.90. The van der Waals surface area contributed by atoms with Crippen molar-refractivity contribution >= 4 is 11.8 Å². The van der Waals surface area contributed by atoms with Crippen molar-refractivity contribution in [2.75, 3.05) is 46.8 Å². The van der Waals surface area contributed by atoms with Crippen LogP contribution >= 0.6 is 0 Å². The number of rotatable bonds is 6. The fourth-order valence-electron chi connectivity index (χ4n) is 2.55. The highest BCUT2D eigenvalue weighted by Crippen LogP contribution is 2.16. The van der Waals surface area contributed by atoms with Gasteiger partial charge in [-0.05, 0) is 32.9 Å². The normalized spacial score (nSPS) is 19.2. The minimum absolute atomic E-state index is 0.0478. The molecule has 1 heterocycles. The van der Waals surface area contributed by atoms with Crippen LogP contribution in [0.4, 0.5) is 0 Å². The largest absolute Gasteiger partial charge is 0.342 e. The molecule has 1 aliphatic rings. The molecule has 0 radical (unpaired) electrons. The first-order valence-electron chi connectivity index (χ1n) is 7.58. The molecule has 1 rings (SSSR count). The first-order chi connectivity index (χ1) is 9.40. The lowest BCUT2D eigenvalue weighted by molar-refractivity contribution is -0.134. The molecule has 0 bridgehead atoms. The van der Waals surface area contributed by atoms with Crippen molar-refractivity contribution in [2.45, 2.75) is 33.1 Å². The van der Waals surface area contributed by atoms with E-state index < -0.39 is 0 Å². The molecule has 1 saturated heterocycles. The van der Waals surface area contributed by atoms with Gasteiger partial charge in [-0.15, -0.1) is 0 Å². The third-order valence-electron chi connectivity index (χ3n) is 3.87. The first kappa shape index (κ1) is 17.0. The molecule has 5 nitrogen and oxygen atoms in total. The van der Waals surface area contributed by atoms with Gasteiger partial charge in [-0.25, -0.2) is 0 Å². The van der Waals surface area contributed by atoms with Gasteiger partial charge in [-0.2, -0.15) is 0 Å². The molecule has 0 aromatic carbocycles. The molecule has 20 heavy (non-hydrogen) atoms. The first-order valence-corrected chi connectivity index (χ1v) is 7.58. The van der Waals surface area contributed by atoms with Crippen molar-refractivity contribution in [1.82, 2.24) is 14.7 Å². The molecule has 1 atom stereocenters. The second-order valence-corrected chi connectivity index (χ2v) is 6.15. The molecular weight excluding hydrogens is 254 g/mol. The quantitative estimate of drug-likeness (QED) is 0.732. The molecule has 5 heteroatoms. The summed E-state index contributed by atoms with van der Waals surface area (Å²) in [5.41, 5.74) is 0. The van der Waals surface area contributed by atoms with Crippen LogP contribution in [0.25, 0.3) is 0 Å². The van der Waals surface area contributed by atoms with E-state index in [9.17, 15) is 9.59 Å². The number of amides is 2. The van der Waals surface area contributed by atoms with Gasteiger partial charge in [-0.3, -0.25) is 9.59 Å². The standard InChI is InChI=1S/C15H29N3O2/c1-13-6-5-8-18(12-13)15(20)7-9-17(14(2)19)11-10-16(3)4/h13H,5-12H2,1-4H3. The van der Waals surface area contributed by atoms with Crippen LogP contribution in [-0.4, -0.2) is 73.3 Å². The third-order valence-corrected chi connectivity index (χ3v) is 3.87. The fraction of sp³-hybridized carbons (Fsp3) is 0.867. The Morgan fingerprint density at radius 1 is 1.20 bits per heavy atom. The van der Waals surface area contributed by atoms with E-state index in [1.54, 1.807) is 11.8 Å². The van der Waals surface area contributed by atoms with Gasteiger partial charge >= 0.3 is 0 Å². The average molecular weight is 283 g/mol. The molecule has 0 saturated carbocycles. The Labute approximate surface area is 122 Å². The van der Waals surface area contributed by atoms with Crippen LogP contribution in [0.15, 0.2) is 0 Å². The predicted molar refractivity (Wildman–Crippen MR) is 80.4 cm³/mol. The number of hydrogen-bond donors (Lipinski definition) is 0. The molecular formula is C15H29N3O2. The summed E-state index contributed by atoms with van der Waals surface area (Å²) in [5.74, 6) is 0.838. The van der Waals surface area contributed by atoms with Crippen molar-refractivity contribution in [3.05, 3.63) is 0 Å². The summed E-state index contributed by atoms with van der Waals surface area (Å²) < 4.78 is 0. The van der Waals surface area contributed by atoms with Crippen molar-refractivity contribution in [2.24, 2.45) is 5.92 Å². The van der Waals surface area contributed by atoms with Gasteiger partial charge in [0.05, 0.1) is 0 Å². The zero-order chi connectivity index (χ0) is 15.1. The Hall–Kier alpha value is -1.10.